The standard InChI is InChI=1S/C13H13N3/c14-13(15)11-6-4-10(5-7-11)9-12-3-1-2-8-16-12/h1-8H,9H2,(H3,14,15). The Balaban J connectivity index is 2.14. The molecule has 80 valence electrons. The highest BCUT2D eigenvalue weighted by molar-refractivity contribution is 5.94. The highest BCUT2D eigenvalue weighted by Crippen LogP contribution is 2.08. The Bertz CT molecular complexity index is 474. The van der Waals surface area contributed by atoms with E-state index in [1.54, 1.807) is 6.20 Å². The topological polar surface area (TPSA) is 62.8 Å². The number of nitrogens with two attached hydrogens (primary N) is 1. The minimum Gasteiger partial charge on any atom is -0.384 e. The molecule has 0 atom stereocenters. The van der Waals surface area contributed by atoms with Gasteiger partial charge in [0, 0.05) is 23.9 Å². The molecule has 0 unspecified atom stereocenters. The van der Waals surface area contributed by atoms with E-state index in [1.807, 2.05) is 42.5 Å². The molecular weight excluding hydrogens is 198 g/mol. The Morgan fingerprint density at radius 2 is 1.88 bits per heavy atom. The maximum Gasteiger partial charge on any atom is 0.122 e. The third-order valence-corrected chi connectivity index (χ3v) is 2.38. The molecule has 16 heavy (non-hydrogen) atoms. The number of hydrogen-bond acceptors (Lipinski definition) is 2. The van der Waals surface area contributed by atoms with Crippen molar-refractivity contribution in [3.8, 4) is 0 Å². The highest BCUT2D eigenvalue weighted by atomic mass is 14.7. The van der Waals surface area contributed by atoms with Gasteiger partial charge in [-0.2, -0.15) is 0 Å². The van der Waals surface area contributed by atoms with Crippen LogP contribution in [0.4, 0.5) is 0 Å². The molecule has 0 aliphatic heterocycles. The van der Waals surface area contributed by atoms with Crippen LogP contribution in [0.1, 0.15) is 16.8 Å². The quantitative estimate of drug-likeness (QED) is 0.602. The van der Waals surface area contributed by atoms with E-state index in [0.717, 1.165) is 17.7 Å². The van der Waals surface area contributed by atoms with E-state index < -0.39 is 0 Å². The van der Waals surface area contributed by atoms with E-state index in [0.29, 0.717) is 0 Å². The number of nitrogens with one attached hydrogen (secondary N) is 1. The van der Waals surface area contributed by atoms with Gasteiger partial charge < -0.3 is 5.73 Å². The van der Waals surface area contributed by atoms with E-state index in [9.17, 15) is 0 Å². The predicted octanol–water partition coefficient (Wildman–Crippen LogP) is 1.96. The van der Waals surface area contributed by atoms with E-state index in [1.165, 1.54) is 5.56 Å². The molecule has 1 heterocycles. The fourth-order valence-corrected chi connectivity index (χ4v) is 1.51. The summed E-state index contributed by atoms with van der Waals surface area (Å²) in [6.07, 6.45) is 2.60. The van der Waals surface area contributed by atoms with Crippen molar-refractivity contribution in [3.63, 3.8) is 0 Å². The number of nitrogen functional groups attached to an aromatic ring is 1. The molecule has 0 saturated carbocycles. The molecule has 0 aliphatic carbocycles. The second-order valence-electron chi connectivity index (χ2n) is 3.61. The largest absolute Gasteiger partial charge is 0.384 e. The monoisotopic (exact) mass is 211 g/mol. The summed E-state index contributed by atoms with van der Waals surface area (Å²) in [6.45, 7) is 0. The zero-order chi connectivity index (χ0) is 11.4. The van der Waals surface area contributed by atoms with Crippen molar-refractivity contribution >= 4 is 5.84 Å². The fraction of sp³-hybridized carbons (Fsp3) is 0.0769. The molecule has 0 spiro atoms. The van der Waals surface area contributed by atoms with Crippen LogP contribution in [-0.2, 0) is 6.42 Å². The van der Waals surface area contributed by atoms with Gasteiger partial charge in [0.2, 0.25) is 0 Å². The maximum absolute atomic E-state index is 7.29. The Morgan fingerprint density at radius 1 is 1.12 bits per heavy atom. The van der Waals surface area contributed by atoms with Crippen LogP contribution in [0.25, 0.3) is 0 Å². The summed E-state index contributed by atoms with van der Waals surface area (Å²) in [6, 6.07) is 13.6. The normalized spacial score (nSPS) is 10.0. The Kier molecular flexibility index (Phi) is 2.96. The maximum atomic E-state index is 7.29. The fourth-order valence-electron chi connectivity index (χ4n) is 1.51. The molecular formula is C13H13N3. The Labute approximate surface area is 94.5 Å². The molecule has 3 nitrogen and oxygen atoms in total. The summed E-state index contributed by atoms with van der Waals surface area (Å²) in [7, 11) is 0. The van der Waals surface area contributed by atoms with E-state index >= 15 is 0 Å². The lowest BCUT2D eigenvalue weighted by Gasteiger charge is -2.02. The summed E-state index contributed by atoms with van der Waals surface area (Å²) >= 11 is 0. The van der Waals surface area contributed by atoms with E-state index in [-0.39, 0.29) is 5.84 Å². The molecule has 0 radical (unpaired) electrons. The lowest BCUT2D eigenvalue weighted by Crippen LogP contribution is -2.10. The van der Waals surface area contributed by atoms with Gasteiger partial charge in [-0.3, -0.25) is 10.4 Å². The average molecular weight is 211 g/mol. The highest BCUT2D eigenvalue weighted by Gasteiger charge is 1.98. The molecule has 1 aromatic heterocycles. The molecule has 1 aromatic carbocycles. The first-order chi connectivity index (χ1) is 7.75. The van der Waals surface area contributed by atoms with E-state index in [2.05, 4.69) is 4.98 Å². The van der Waals surface area contributed by atoms with Crippen LogP contribution >= 0.6 is 0 Å². The zero-order valence-corrected chi connectivity index (χ0v) is 8.85. The molecule has 0 amide bonds. The number of rotatable bonds is 3. The van der Waals surface area contributed by atoms with Crippen molar-refractivity contribution in [2.75, 3.05) is 0 Å². The number of aromatic nitrogens is 1. The molecule has 3 heteroatoms. The lowest BCUT2D eigenvalue weighted by molar-refractivity contribution is 1.07. The number of nitrogens with zero attached hydrogens (tertiary/aromatic N) is 1. The number of benzene rings is 1. The third kappa shape index (κ3) is 2.45. The Morgan fingerprint density at radius 3 is 2.44 bits per heavy atom. The van der Waals surface area contributed by atoms with Crippen LogP contribution in [0, 0.1) is 5.41 Å². The molecule has 3 N–H and O–H groups in total. The number of pyridine rings is 1. The van der Waals surface area contributed by atoms with Crippen molar-refractivity contribution in [3.05, 3.63) is 65.5 Å². The van der Waals surface area contributed by atoms with Gasteiger partial charge in [0.25, 0.3) is 0 Å². The van der Waals surface area contributed by atoms with Gasteiger partial charge in [-0.1, -0.05) is 30.3 Å². The Hall–Kier alpha value is -2.16. The minimum absolute atomic E-state index is 0.101. The van der Waals surface area contributed by atoms with Gasteiger partial charge in [0.15, 0.2) is 0 Å². The van der Waals surface area contributed by atoms with E-state index in [4.69, 9.17) is 11.1 Å². The first-order valence-electron chi connectivity index (χ1n) is 5.09. The van der Waals surface area contributed by atoms with Crippen LogP contribution in [0.2, 0.25) is 0 Å². The first kappa shape index (κ1) is 10.4. The molecule has 0 saturated heterocycles. The van der Waals surface area contributed by atoms with Gasteiger partial charge in [-0.15, -0.1) is 0 Å². The van der Waals surface area contributed by atoms with Gasteiger partial charge in [0.1, 0.15) is 5.84 Å². The second-order valence-corrected chi connectivity index (χ2v) is 3.61. The average Bonchev–Trinajstić information content (AvgIpc) is 2.31. The van der Waals surface area contributed by atoms with Crippen LogP contribution in [-0.4, -0.2) is 10.8 Å². The smallest absolute Gasteiger partial charge is 0.122 e. The van der Waals surface area contributed by atoms with Crippen LogP contribution < -0.4 is 5.73 Å². The summed E-state index contributed by atoms with van der Waals surface area (Å²) in [5, 5.41) is 7.29. The van der Waals surface area contributed by atoms with Gasteiger partial charge in [-0.25, -0.2) is 0 Å². The zero-order valence-electron chi connectivity index (χ0n) is 8.85. The molecule has 0 fully saturated rings. The summed E-state index contributed by atoms with van der Waals surface area (Å²) in [5.41, 5.74) is 8.35. The minimum atomic E-state index is 0.101. The van der Waals surface area contributed by atoms with Crippen LogP contribution in [0.5, 0.6) is 0 Å². The SMILES string of the molecule is N=C(N)c1ccc(Cc2ccccn2)cc1. The predicted molar refractivity (Wildman–Crippen MR) is 64.5 cm³/mol. The molecule has 0 aliphatic rings. The summed E-state index contributed by atoms with van der Waals surface area (Å²) in [4.78, 5) is 4.26. The van der Waals surface area contributed by atoms with Crippen molar-refractivity contribution < 1.29 is 0 Å². The summed E-state index contributed by atoms with van der Waals surface area (Å²) < 4.78 is 0. The third-order valence-electron chi connectivity index (χ3n) is 2.38. The lowest BCUT2D eigenvalue weighted by atomic mass is 10.1. The van der Waals surface area contributed by atoms with Gasteiger partial charge in [-0.05, 0) is 17.7 Å². The van der Waals surface area contributed by atoms with Crippen molar-refractivity contribution in [2.45, 2.75) is 6.42 Å². The molecule has 2 rings (SSSR count). The number of amidine groups is 1. The van der Waals surface area contributed by atoms with Crippen molar-refractivity contribution in [1.82, 2.24) is 4.98 Å². The second kappa shape index (κ2) is 4.57. The van der Waals surface area contributed by atoms with Gasteiger partial charge in [0.05, 0.1) is 0 Å². The molecule has 2 aromatic rings. The van der Waals surface area contributed by atoms with Gasteiger partial charge >= 0.3 is 0 Å². The van der Waals surface area contributed by atoms with Crippen molar-refractivity contribution in [2.24, 2.45) is 5.73 Å². The molecule has 0 bridgehead atoms. The first-order valence-corrected chi connectivity index (χ1v) is 5.09. The van der Waals surface area contributed by atoms with Crippen LogP contribution in [0.3, 0.4) is 0 Å². The van der Waals surface area contributed by atoms with Crippen LogP contribution in [0.15, 0.2) is 48.7 Å². The number of hydrogen-bond donors (Lipinski definition) is 2. The van der Waals surface area contributed by atoms with Crippen molar-refractivity contribution in [1.29, 1.82) is 5.41 Å². The summed E-state index contributed by atoms with van der Waals surface area (Å²) in [5.74, 6) is 0.101.